The second-order valence-electron chi connectivity index (χ2n) is 5.94. The Morgan fingerprint density at radius 1 is 1.24 bits per heavy atom. The second kappa shape index (κ2) is 6.08. The Hall–Kier alpha value is -2.17. The number of benzene rings is 1. The molecule has 0 aliphatic carbocycles. The van der Waals surface area contributed by atoms with Crippen LogP contribution in [0.1, 0.15) is 46.7 Å². The van der Waals surface area contributed by atoms with Crippen molar-refractivity contribution in [2.24, 2.45) is 5.92 Å². The summed E-state index contributed by atoms with van der Waals surface area (Å²) >= 11 is 0. The van der Waals surface area contributed by atoms with Crippen LogP contribution in [-0.4, -0.2) is 26.1 Å². The molecule has 0 radical (unpaired) electrons. The zero-order chi connectivity index (χ0) is 15.6. The minimum absolute atomic E-state index is 0.0630. The molecular formula is C16H21N3O2. The molecule has 0 unspecified atom stereocenters. The Morgan fingerprint density at radius 2 is 1.86 bits per heavy atom. The quantitative estimate of drug-likeness (QED) is 0.918. The third-order valence-electron chi connectivity index (χ3n) is 3.26. The molecule has 0 atom stereocenters. The average Bonchev–Trinajstić information content (AvgIpc) is 2.70. The highest BCUT2D eigenvalue weighted by atomic mass is 16.4. The van der Waals surface area contributed by atoms with E-state index in [9.17, 15) is 9.90 Å². The molecule has 0 saturated heterocycles. The maximum Gasteiger partial charge on any atom is 0.358 e. The lowest BCUT2D eigenvalue weighted by molar-refractivity contribution is 0.0689. The first-order chi connectivity index (χ1) is 9.86. The number of carboxylic acids is 1. The zero-order valence-electron chi connectivity index (χ0n) is 12.9. The van der Waals surface area contributed by atoms with E-state index in [-0.39, 0.29) is 5.69 Å². The maximum absolute atomic E-state index is 11.3. The van der Waals surface area contributed by atoms with Crippen molar-refractivity contribution in [2.75, 3.05) is 0 Å². The molecule has 0 fully saturated rings. The van der Waals surface area contributed by atoms with Crippen LogP contribution in [0.15, 0.2) is 18.2 Å². The van der Waals surface area contributed by atoms with E-state index in [1.54, 1.807) is 4.68 Å². The first kappa shape index (κ1) is 15.2. The number of aryl methyl sites for hydroxylation is 2. The third kappa shape index (κ3) is 3.68. The number of carbonyl (C=O) groups is 1. The van der Waals surface area contributed by atoms with E-state index in [2.05, 4.69) is 56.2 Å². The summed E-state index contributed by atoms with van der Waals surface area (Å²) in [6.07, 6.45) is 0.652. The molecule has 1 aromatic heterocycles. The molecule has 5 heteroatoms. The lowest BCUT2D eigenvalue weighted by atomic mass is 10.1. The van der Waals surface area contributed by atoms with Crippen molar-refractivity contribution in [3.63, 3.8) is 0 Å². The summed E-state index contributed by atoms with van der Waals surface area (Å²) in [5, 5.41) is 17.1. The smallest absolute Gasteiger partial charge is 0.358 e. The highest BCUT2D eigenvalue weighted by Gasteiger charge is 2.19. The molecule has 0 amide bonds. The van der Waals surface area contributed by atoms with Gasteiger partial charge in [0.2, 0.25) is 0 Å². The Balaban J connectivity index is 2.37. The molecule has 0 saturated carbocycles. The van der Waals surface area contributed by atoms with E-state index in [4.69, 9.17) is 0 Å². The van der Waals surface area contributed by atoms with Crippen LogP contribution in [-0.2, 0) is 13.0 Å². The van der Waals surface area contributed by atoms with Gasteiger partial charge < -0.3 is 5.11 Å². The molecule has 0 aliphatic heterocycles. The van der Waals surface area contributed by atoms with Crippen molar-refractivity contribution in [2.45, 2.75) is 40.7 Å². The molecule has 1 N–H and O–H groups in total. The van der Waals surface area contributed by atoms with Gasteiger partial charge in [-0.05, 0) is 31.7 Å². The summed E-state index contributed by atoms with van der Waals surface area (Å²) in [6.45, 7) is 8.76. The van der Waals surface area contributed by atoms with Gasteiger partial charge in [-0.15, -0.1) is 5.10 Å². The largest absolute Gasteiger partial charge is 0.476 e. The Labute approximate surface area is 124 Å². The molecule has 112 valence electrons. The predicted molar refractivity (Wildman–Crippen MR) is 80.5 cm³/mol. The van der Waals surface area contributed by atoms with Crippen LogP contribution in [0.4, 0.5) is 0 Å². The fourth-order valence-electron chi connectivity index (χ4n) is 2.55. The monoisotopic (exact) mass is 287 g/mol. The second-order valence-corrected chi connectivity index (χ2v) is 5.94. The Bertz CT molecular complexity index is 639. The summed E-state index contributed by atoms with van der Waals surface area (Å²) in [5.74, 6) is -0.670. The van der Waals surface area contributed by atoms with Crippen molar-refractivity contribution in [3.05, 3.63) is 46.3 Å². The van der Waals surface area contributed by atoms with Gasteiger partial charge in [0.25, 0.3) is 0 Å². The Morgan fingerprint density at radius 3 is 2.38 bits per heavy atom. The van der Waals surface area contributed by atoms with Gasteiger partial charge in [0.05, 0.1) is 12.2 Å². The van der Waals surface area contributed by atoms with Gasteiger partial charge in [-0.25, -0.2) is 9.48 Å². The zero-order valence-corrected chi connectivity index (χ0v) is 12.9. The number of hydrogen-bond donors (Lipinski definition) is 1. The van der Waals surface area contributed by atoms with Gasteiger partial charge in [0, 0.05) is 0 Å². The molecule has 1 aromatic carbocycles. The standard InChI is InChI=1S/C16H21N3O2/c1-10(2)5-14-15(16(20)21)17-18-19(14)9-13-7-11(3)6-12(4)8-13/h6-8,10H,5,9H2,1-4H3,(H,20,21). The number of aromatic nitrogens is 3. The van der Waals surface area contributed by atoms with Gasteiger partial charge in [-0.3, -0.25) is 0 Å². The van der Waals surface area contributed by atoms with E-state index in [1.807, 2.05) is 0 Å². The predicted octanol–water partition coefficient (Wildman–Crippen LogP) is 2.84. The van der Waals surface area contributed by atoms with Crippen LogP contribution < -0.4 is 0 Å². The van der Waals surface area contributed by atoms with Gasteiger partial charge in [-0.1, -0.05) is 48.4 Å². The highest BCUT2D eigenvalue weighted by Crippen LogP contribution is 2.15. The topological polar surface area (TPSA) is 68.0 Å². The fraction of sp³-hybridized carbons (Fsp3) is 0.438. The SMILES string of the molecule is Cc1cc(C)cc(Cn2nnc(C(=O)O)c2CC(C)C)c1. The van der Waals surface area contributed by atoms with E-state index in [1.165, 1.54) is 11.1 Å². The van der Waals surface area contributed by atoms with E-state index >= 15 is 0 Å². The molecule has 2 aromatic rings. The molecular weight excluding hydrogens is 266 g/mol. The molecule has 0 spiro atoms. The van der Waals surface area contributed by atoms with Crippen LogP contribution in [0.2, 0.25) is 0 Å². The summed E-state index contributed by atoms with van der Waals surface area (Å²) in [6, 6.07) is 6.30. The van der Waals surface area contributed by atoms with Crippen LogP contribution >= 0.6 is 0 Å². The molecule has 5 nitrogen and oxygen atoms in total. The summed E-state index contributed by atoms with van der Waals surface area (Å²) in [4.78, 5) is 11.3. The van der Waals surface area contributed by atoms with Gasteiger partial charge in [0.15, 0.2) is 5.69 Å². The van der Waals surface area contributed by atoms with Gasteiger partial charge in [0.1, 0.15) is 0 Å². The highest BCUT2D eigenvalue weighted by molar-refractivity contribution is 5.86. The minimum atomic E-state index is -1.02. The van der Waals surface area contributed by atoms with Crippen molar-refractivity contribution >= 4 is 5.97 Å². The normalized spacial score (nSPS) is 11.1. The number of nitrogens with zero attached hydrogens (tertiary/aromatic N) is 3. The third-order valence-corrected chi connectivity index (χ3v) is 3.26. The fourth-order valence-corrected chi connectivity index (χ4v) is 2.55. The van der Waals surface area contributed by atoms with Crippen molar-refractivity contribution in [1.82, 2.24) is 15.0 Å². The minimum Gasteiger partial charge on any atom is -0.476 e. The van der Waals surface area contributed by atoms with Crippen LogP contribution in [0.3, 0.4) is 0 Å². The van der Waals surface area contributed by atoms with E-state index in [0.717, 1.165) is 5.56 Å². The lowest BCUT2D eigenvalue weighted by Crippen LogP contribution is -2.12. The van der Waals surface area contributed by atoms with Crippen LogP contribution in [0, 0.1) is 19.8 Å². The molecule has 2 rings (SSSR count). The molecule has 0 aliphatic rings. The molecule has 1 heterocycles. The number of carboxylic acid groups (broad SMARTS) is 1. The molecule has 0 bridgehead atoms. The summed E-state index contributed by atoms with van der Waals surface area (Å²) in [5.41, 5.74) is 4.24. The first-order valence-corrected chi connectivity index (χ1v) is 7.09. The van der Waals surface area contributed by atoms with Crippen LogP contribution in [0.5, 0.6) is 0 Å². The van der Waals surface area contributed by atoms with E-state index < -0.39 is 5.97 Å². The van der Waals surface area contributed by atoms with Crippen molar-refractivity contribution in [3.8, 4) is 0 Å². The van der Waals surface area contributed by atoms with Crippen LogP contribution in [0.25, 0.3) is 0 Å². The average molecular weight is 287 g/mol. The van der Waals surface area contributed by atoms with Gasteiger partial charge in [-0.2, -0.15) is 0 Å². The van der Waals surface area contributed by atoms with Crippen molar-refractivity contribution in [1.29, 1.82) is 0 Å². The van der Waals surface area contributed by atoms with E-state index in [0.29, 0.717) is 24.6 Å². The summed E-state index contributed by atoms with van der Waals surface area (Å²) < 4.78 is 1.71. The Kier molecular flexibility index (Phi) is 4.40. The lowest BCUT2D eigenvalue weighted by Gasteiger charge is -2.10. The first-order valence-electron chi connectivity index (χ1n) is 7.09. The summed E-state index contributed by atoms with van der Waals surface area (Å²) in [7, 11) is 0. The number of aromatic carboxylic acids is 1. The number of hydrogen-bond acceptors (Lipinski definition) is 3. The maximum atomic E-state index is 11.3. The van der Waals surface area contributed by atoms with Crippen molar-refractivity contribution < 1.29 is 9.90 Å². The number of rotatable bonds is 5. The van der Waals surface area contributed by atoms with Gasteiger partial charge >= 0.3 is 5.97 Å². The molecule has 21 heavy (non-hydrogen) atoms.